The second-order valence-electron chi connectivity index (χ2n) is 3.09. The first-order valence-electron chi connectivity index (χ1n) is 4.36. The zero-order valence-electron chi connectivity index (χ0n) is 7.97. The third kappa shape index (κ3) is 2.11. The summed E-state index contributed by atoms with van der Waals surface area (Å²) in [6.45, 7) is 0. The topological polar surface area (TPSA) is 39.1 Å². The Balaban J connectivity index is 2.61. The van der Waals surface area contributed by atoms with Crippen molar-refractivity contribution in [2.75, 3.05) is 0 Å². The Kier molecular flexibility index (Phi) is 3.27. The Labute approximate surface area is 112 Å². The van der Waals surface area contributed by atoms with Crippen LogP contribution in [-0.2, 0) is 10.0 Å². The summed E-state index contributed by atoms with van der Waals surface area (Å²) in [6, 6.07) is 9.85. The predicted molar refractivity (Wildman–Crippen MR) is 71.2 cm³/mol. The molecule has 0 unspecified atom stereocenters. The monoisotopic (exact) mass is 367 g/mol. The smallest absolute Gasteiger partial charge is 0.234 e. The normalized spacial score (nSPS) is 11.6. The van der Waals surface area contributed by atoms with Gasteiger partial charge in [-0.15, -0.1) is 0 Å². The number of nitrogens with zero attached hydrogens (tertiary/aromatic N) is 1. The van der Waals surface area contributed by atoms with Crippen LogP contribution in [0.2, 0.25) is 5.02 Å². The van der Waals surface area contributed by atoms with Gasteiger partial charge in [-0.05, 0) is 40.8 Å². The largest absolute Gasteiger partial charge is 0.268 e. The van der Waals surface area contributed by atoms with E-state index in [1.165, 1.54) is 10.2 Å². The second-order valence-corrected chi connectivity index (χ2v) is 6.45. The summed E-state index contributed by atoms with van der Waals surface area (Å²) in [5.41, 5.74) is 0. The van der Waals surface area contributed by atoms with E-state index in [-0.39, 0.29) is 4.90 Å². The van der Waals surface area contributed by atoms with Crippen LogP contribution < -0.4 is 0 Å². The van der Waals surface area contributed by atoms with E-state index in [1.54, 1.807) is 36.4 Å². The van der Waals surface area contributed by atoms with Gasteiger partial charge in [0.25, 0.3) is 10.0 Å². The minimum Gasteiger partial charge on any atom is -0.234 e. The molecule has 0 atom stereocenters. The maximum absolute atomic E-state index is 12.2. The molecular weight excluding hydrogens is 361 g/mol. The summed E-state index contributed by atoms with van der Waals surface area (Å²) in [7, 11) is -3.52. The van der Waals surface area contributed by atoms with Crippen molar-refractivity contribution < 1.29 is 8.42 Å². The van der Waals surface area contributed by atoms with Crippen LogP contribution in [0, 0.1) is 3.70 Å². The van der Waals surface area contributed by atoms with Gasteiger partial charge in [0, 0.05) is 6.20 Å². The third-order valence-electron chi connectivity index (χ3n) is 2.01. The molecule has 0 aliphatic heterocycles. The number of hydrogen-bond donors (Lipinski definition) is 0. The molecule has 2 rings (SSSR count). The first kappa shape index (κ1) is 11.9. The molecule has 1 heterocycles. The van der Waals surface area contributed by atoms with Gasteiger partial charge in [-0.25, -0.2) is 12.4 Å². The van der Waals surface area contributed by atoms with Gasteiger partial charge in [0.05, 0.1) is 13.6 Å². The Bertz CT molecular complexity index is 607. The molecule has 1 aromatic heterocycles. The lowest BCUT2D eigenvalue weighted by molar-refractivity contribution is 0.586. The molecule has 3 nitrogen and oxygen atoms in total. The molecule has 0 aliphatic rings. The Morgan fingerprint density at radius 2 is 1.81 bits per heavy atom. The number of rotatable bonds is 2. The maximum Gasteiger partial charge on any atom is 0.268 e. The van der Waals surface area contributed by atoms with Crippen molar-refractivity contribution in [1.82, 2.24) is 3.97 Å². The van der Waals surface area contributed by atoms with Crippen LogP contribution in [0.4, 0.5) is 0 Å². The summed E-state index contributed by atoms with van der Waals surface area (Å²) >= 11 is 7.70. The highest BCUT2D eigenvalue weighted by molar-refractivity contribution is 14.1. The van der Waals surface area contributed by atoms with E-state index in [4.69, 9.17) is 11.6 Å². The van der Waals surface area contributed by atoms with Crippen LogP contribution in [0.15, 0.2) is 47.5 Å². The summed E-state index contributed by atoms with van der Waals surface area (Å²) in [5, 5.41) is 0.406. The lowest BCUT2D eigenvalue weighted by Crippen LogP contribution is -2.13. The van der Waals surface area contributed by atoms with E-state index >= 15 is 0 Å². The fraction of sp³-hybridized carbons (Fsp3) is 0. The molecule has 0 aliphatic carbocycles. The van der Waals surface area contributed by atoms with Crippen LogP contribution >= 0.6 is 34.2 Å². The van der Waals surface area contributed by atoms with Gasteiger partial charge >= 0.3 is 0 Å². The van der Waals surface area contributed by atoms with E-state index < -0.39 is 10.0 Å². The van der Waals surface area contributed by atoms with Crippen LogP contribution in [-0.4, -0.2) is 12.4 Å². The molecule has 0 saturated heterocycles. The molecule has 0 amide bonds. The van der Waals surface area contributed by atoms with Gasteiger partial charge in [-0.3, -0.25) is 0 Å². The van der Waals surface area contributed by atoms with Crippen molar-refractivity contribution in [3.05, 3.63) is 51.3 Å². The van der Waals surface area contributed by atoms with Crippen molar-refractivity contribution in [3.8, 4) is 0 Å². The fourth-order valence-corrected chi connectivity index (χ4v) is 4.24. The van der Waals surface area contributed by atoms with Crippen molar-refractivity contribution in [2.24, 2.45) is 0 Å². The van der Waals surface area contributed by atoms with Crippen molar-refractivity contribution in [3.63, 3.8) is 0 Å². The lowest BCUT2D eigenvalue weighted by Gasteiger charge is -2.06. The van der Waals surface area contributed by atoms with Crippen LogP contribution in [0.5, 0.6) is 0 Å². The average Bonchev–Trinajstić information content (AvgIpc) is 2.60. The molecule has 0 bridgehead atoms. The standard InChI is InChI=1S/C10H7ClINO2S/c11-8-6-10(12)13(7-8)16(14,15)9-4-2-1-3-5-9/h1-7H. The molecule has 2 aromatic rings. The van der Waals surface area contributed by atoms with Crippen LogP contribution in [0.3, 0.4) is 0 Å². The summed E-state index contributed by atoms with van der Waals surface area (Å²) < 4.78 is 26.1. The molecule has 0 spiro atoms. The van der Waals surface area contributed by atoms with Gasteiger partial charge < -0.3 is 0 Å². The Morgan fingerprint density at radius 1 is 1.19 bits per heavy atom. The molecule has 16 heavy (non-hydrogen) atoms. The average molecular weight is 368 g/mol. The molecule has 0 fully saturated rings. The van der Waals surface area contributed by atoms with Gasteiger partial charge in [-0.2, -0.15) is 0 Å². The number of hydrogen-bond acceptors (Lipinski definition) is 2. The van der Waals surface area contributed by atoms with Crippen LogP contribution in [0.25, 0.3) is 0 Å². The first-order valence-corrected chi connectivity index (χ1v) is 7.25. The number of aromatic nitrogens is 1. The molecule has 84 valence electrons. The summed E-state index contributed by atoms with van der Waals surface area (Å²) in [5.74, 6) is 0. The fourth-order valence-electron chi connectivity index (χ4n) is 1.28. The van der Waals surface area contributed by atoms with Gasteiger partial charge in [0.2, 0.25) is 0 Å². The summed E-state index contributed by atoms with van der Waals surface area (Å²) in [6.07, 6.45) is 1.39. The Morgan fingerprint density at radius 3 is 2.31 bits per heavy atom. The number of halogens is 2. The highest BCUT2D eigenvalue weighted by Crippen LogP contribution is 2.22. The minimum atomic E-state index is -3.52. The van der Waals surface area contributed by atoms with E-state index in [9.17, 15) is 8.42 Å². The molecule has 0 saturated carbocycles. The molecule has 0 N–H and O–H groups in total. The highest BCUT2D eigenvalue weighted by Gasteiger charge is 2.18. The SMILES string of the molecule is O=S(=O)(c1ccccc1)n1cc(Cl)cc1I. The maximum atomic E-state index is 12.2. The van der Waals surface area contributed by atoms with E-state index in [2.05, 4.69) is 0 Å². The number of benzene rings is 1. The van der Waals surface area contributed by atoms with Crippen molar-refractivity contribution in [2.45, 2.75) is 4.90 Å². The zero-order valence-corrected chi connectivity index (χ0v) is 11.7. The van der Waals surface area contributed by atoms with E-state index in [1.807, 2.05) is 22.6 Å². The highest BCUT2D eigenvalue weighted by atomic mass is 127. The van der Waals surface area contributed by atoms with Gasteiger partial charge in [0.15, 0.2) is 0 Å². The van der Waals surface area contributed by atoms with E-state index in [0.29, 0.717) is 8.72 Å². The van der Waals surface area contributed by atoms with Gasteiger partial charge in [-0.1, -0.05) is 29.8 Å². The molecular formula is C10H7ClINO2S. The molecule has 1 aromatic carbocycles. The molecule has 0 radical (unpaired) electrons. The van der Waals surface area contributed by atoms with E-state index in [0.717, 1.165) is 0 Å². The summed E-state index contributed by atoms with van der Waals surface area (Å²) in [4.78, 5) is 0.250. The van der Waals surface area contributed by atoms with Gasteiger partial charge in [0.1, 0.15) is 0 Å². The van der Waals surface area contributed by atoms with Crippen LogP contribution in [0.1, 0.15) is 0 Å². The first-order chi connectivity index (χ1) is 7.51. The Hall–Kier alpha value is -0.530. The van der Waals surface area contributed by atoms with Crippen molar-refractivity contribution >= 4 is 44.2 Å². The quantitative estimate of drug-likeness (QED) is 0.766. The predicted octanol–water partition coefficient (Wildman–Crippen LogP) is 2.98. The van der Waals surface area contributed by atoms with Crippen molar-refractivity contribution in [1.29, 1.82) is 0 Å². The zero-order chi connectivity index (χ0) is 11.8. The molecule has 6 heteroatoms. The third-order valence-corrected chi connectivity index (χ3v) is 5.06. The lowest BCUT2D eigenvalue weighted by atomic mass is 10.4. The second kappa shape index (κ2) is 4.38. The minimum absolute atomic E-state index is 0.250.